The average molecular weight is 706 g/mol. The molecule has 0 amide bonds. The fourth-order valence-electron chi connectivity index (χ4n) is 4.97. The summed E-state index contributed by atoms with van der Waals surface area (Å²) in [5, 5.41) is 9.72. The third-order valence-electron chi connectivity index (χ3n) is 7.94. The Balaban J connectivity index is 4.46. The highest BCUT2D eigenvalue weighted by molar-refractivity contribution is 7.45. The van der Waals surface area contributed by atoms with Gasteiger partial charge in [-0.05, 0) is 25.3 Å². The second-order valence-electron chi connectivity index (χ2n) is 13.8. The van der Waals surface area contributed by atoms with Crippen LogP contribution in [0.4, 0.5) is 0 Å². The number of aldehydes is 1. The second kappa shape index (κ2) is 30.2. The molecule has 0 aliphatic heterocycles. The number of hydrogen-bond acceptors (Lipinski definition) is 10. The number of carbonyl (C=O) groups is 3. The van der Waals surface area contributed by atoms with E-state index < -0.39 is 38.6 Å². The molecule has 12 heteroatoms. The van der Waals surface area contributed by atoms with Gasteiger partial charge in [0.25, 0.3) is 7.82 Å². The van der Waals surface area contributed by atoms with Crippen LogP contribution in [-0.4, -0.2) is 87.5 Å². The molecule has 0 saturated heterocycles. The van der Waals surface area contributed by atoms with E-state index in [1.54, 1.807) is 0 Å². The van der Waals surface area contributed by atoms with Crippen molar-refractivity contribution in [3.05, 3.63) is 12.2 Å². The van der Waals surface area contributed by atoms with E-state index in [9.17, 15) is 28.9 Å². The number of carbonyl (C=O) groups excluding carboxylic acids is 3. The number of phosphoric acid groups is 1. The molecule has 0 rings (SSSR count). The monoisotopic (exact) mass is 705 g/mol. The van der Waals surface area contributed by atoms with Crippen LogP contribution in [0.15, 0.2) is 12.2 Å². The first kappa shape index (κ1) is 46.4. The van der Waals surface area contributed by atoms with Crippen molar-refractivity contribution in [2.75, 3.05) is 47.5 Å². The fourth-order valence-corrected chi connectivity index (χ4v) is 5.70. The minimum Gasteiger partial charge on any atom is -0.756 e. The molecule has 48 heavy (non-hydrogen) atoms. The number of aliphatic hydroxyl groups excluding tert-OH is 1. The predicted octanol–water partition coefficient (Wildman–Crippen LogP) is 6.98. The first-order valence-corrected chi connectivity index (χ1v) is 19.9. The Kier molecular flexibility index (Phi) is 29.2. The van der Waals surface area contributed by atoms with E-state index in [-0.39, 0.29) is 26.1 Å². The van der Waals surface area contributed by atoms with Gasteiger partial charge in [0, 0.05) is 12.8 Å². The highest BCUT2D eigenvalue weighted by Crippen LogP contribution is 2.38. The van der Waals surface area contributed by atoms with Crippen LogP contribution in [0.1, 0.15) is 142 Å². The van der Waals surface area contributed by atoms with Gasteiger partial charge in [-0.3, -0.25) is 18.9 Å². The van der Waals surface area contributed by atoms with E-state index in [1.807, 2.05) is 21.1 Å². The van der Waals surface area contributed by atoms with Gasteiger partial charge in [-0.2, -0.15) is 0 Å². The van der Waals surface area contributed by atoms with E-state index in [1.165, 1.54) is 69.9 Å². The van der Waals surface area contributed by atoms with Crippen LogP contribution in [-0.2, 0) is 37.5 Å². The summed E-state index contributed by atoms with van der Waals surface area (Å²) in [7, 11) is 1.07. The highest BCUT2D eigenvalue weighted by Gasteiger charge is 2.21. The van der Waals surface area contributed by atoms with Crippen molar-refractivity contribution in [2.45, 2.75) is 154 Å². The lowest BCUT2D eigenvalue weighted by Crippen LogP contribution is -2.37. The number of unbranched alkanes of at least 4 members (excludes halogenated alkanes) is 16. The minimum absolute atomic E-state index is 0.0583. The van der Waals surface area contributed by atoms with Gasteiger partial charge in [-0.15, -0.1) is 0 Å². The molecule has 0 fully saturated rings. The molecule has 0 aliphatic carbocycles. The van der Waals surface area contributed by atoms with Gasteiger partial charge >= 0.3 is 11.9 Å². The predicted molar refractivity (Wildman–Crippen MR) is 187 cm³/mol. The zero-order chi connectivity index (χ0) is 35.9. The molecule has 2 unspecified atom stereocenters. The molecule has 282 valence electrons. The van der Waals surface area contributed by atoms with E-state index in [4.69, 9.17) is 18.5 Å². The summed E-state index contributed by atoms with van der Waals surface area (Å²) in [4.78, 5) is 47.5. The van der Waals surface area contributed by atoms with Crippen LogP contribution in [0.2, 0.25) is 0 Å². The molecule has 0 aromatic heterocycles. The van der Waals surface area contributed by atoms with E-state index in [0.717, 1.165) is 44.9 Å². The van der Waals surface area contributed by atoms with Crippen LogP contribution in [0.25, 0.3) is 0 Å². The minimum atomic E-state index is -4.65. The van der Waals surface area contributed by atoms with Gasteiger partial charge < -0.3 is 33.0 Å². The number of esters is 2. The Morgan fingerprint density at radius 1 is 0.750 bits per heavy atom. The lowest BCUT2D eigenvalue weighted by molar-refractivity contribution is -0.870. The van der Waals surface area contributed by atoms with Crippen molar-refractivity contribution in [1.29, 1.82) is 0 Å². The molecule has 3 atom stereocenters. The molecule has 0 aromatic carbocycles. The Morgan fingerprint density at radius 3 is 1.77 bits per heavy atom. The van der Waals surface area contributed by atoms with Crippen molar-refractivity contribution in [2.24, 2.45) is 0 Å². The van der Waals surface area contributed by atoms with Gasteiger partial charge in [0.15, 0.2) is 6.10 Å². The van der Waals surface area contributed by atoms with Crippen LogP contribution in [0.5, 0.6) is 0 Å². The number of quaternary nitrogens is 1. The number of rotatable bonds is 34. The molecule has 0 saturated carbocycles. The third kappa shape index (κ3) is 32.9. The molecule has 0 aliphatic rings. The van der Waals surface area contributed by atoms with Crippen molar-refractivity contribution in [3.8, 4) is 0 Å². The van der Waals surface area contributed by atoms with Crippen LogP contribution in [0.3, 0.4) is 0 Å². The van der Waals surface area contributed by atoms with Gasteiger partial charge in [0.2, 0.25) is 0 Å². The number of ether oxygens (including phenoxy) is 2. The molecule has 11 nitrogen and oxygen atoms in total. The maximum Gasteiger partial charge on any atom is 0.306 e. The smallest absolute Gasteiger partial charge is 0.306 e. The van der Waals surface area contributed by atoms with Crippen molar-refractivity contribution in [3.63, 3.8) is 0 Å². The number of hydrogen-bond donors (Lipinski definition) is 1. The molecule has 0 bridgehead atoms. The molecular weight excluding hydrogens is 637 g/mol. The normalized spacial score (nSPS) is 14.5. The Bertz CT molecular complexity index is 892. The summed E-state index contributed by atoms with van der Waals surface area (Å²) in [6.07, 6.45) is 22.1. The van der Waals surface area contributed by atoms with E-state index >= 15 is 0 Å². The van der Waals surface area contributed by atoms with Gasteiger partial charge in [0.1, 0.15) is 26.0 Å². The second-order valence-corrected chi connectivity index (χ2v) is 15.2. The Hall–Kier alpha value is -1.62. The maximum atomic E-state index is 12.5. The van der Waals surface area contributed by atoms with Gasteiger partial charge in [0.05, 0.1) is 33.9 Å². The lowest BCUT2D eigenvalue weighted by Gasteiger charge is -2.28. The molecule has 0 radical (unpaired) electrons. The highest BCUT2D eigenvalue weighted by atomic mass is 31.2. The SMILES string of the molecule is CCCCCCCCCCCCCCCC(=O)OC[C@@H](COP(=O)([O-])OCC[N+](C)(C)C)OC(=O)CCCCCCCC(O)/C=C/C=O. The van der Waals surface area contributed by atoms with E-state index in [2.05, 4.69) is 6.92 Å². The fraction of sp³-hybridized carbons (Fsp3) is 0.861. The summed E-state index contributed by atoms with van der Waals surface area (Å²) >= 11 is 0. The molecular formula is C36H68NO10P. The zero-order valence-electron chi connectivity index (χ0n) is 30.6. The maximum absolute atomic E-state index is 12.5. The van der Waals surface area contributed by atoms with E-state index in [0.29, 0.717) is 36.6 Å². The molecule has 1 N–H and O–H groups in total. The molecule has 0 spiro atoms. The number of nitrogens with zero attached hydrogens (tertiary/aromatic N) is 1. The number of phosphoric ester groups is 1. The first-order valence-electron chi connectivity index (χ1n) is 18.4. The van der Waals surface area contributed by atoms with Crippen LogP contribution < -0.4 is 4.89 Å². The van der Waals surface area contributed by atoms with Crippen LogP contribution >= 0.6 is 7.82 Å². The average Bonchev–Trinajstić information content (AvgIpc) is 3.02. The number of aliphatic hydroxyl groups is 1. The third-order valence-corrected chi connectivity index (χ3v) is 8.90. The lowest BCUT2D eigenvalue weighted by atomic mass is 10.0. The first-order chi connectivity index (χ1) is 22.9. The largest absolute Gasteiger partial charge is 0.756 e. The standard InChI is InChI=1S/C36H68NO10P/c1-5-6-7-8-9-10-11-12-13-14-15-18-21-26-35(40)44-31-34(32-46-48(42,43)45-30-28-37(2,3)4)47-36(41)27-22-19-16-17-20-24-33(39)25-23-29-38/h23,25,29,33-34,39H,5-22,24,26-28,30-32H2,1-4H3/b25-23+/t33?,34-/m0/s1. The Labute approximate surface area is 291 Å². The quantitative estimate of drug-likeness (QED) is 0.0186. The molecule has 0 heterocycles. The Morgan fingerprint density at radius 2 is 1.25 bits per heavy atom. The summed E-state index contributed by atoms with van der Waals surface area (Å²) < 4.78 is 33.5. The van der Waals surface area contributed by atoms with Gasteiger partial charge in [-0.1, -0.05) is 116 Å². The van der Waals surface area contributed by atoms with Crippen molar-refractivity contribution < 1.29 is 52.0 Å². The summed E-state index contributed by atoms with van der Waals surface area (Å²) in [6.45, 7) is 1.81. The summed E-state index contributed by atoms with van der Waals surface area (Å²) in [5.41, 5.74) is 0. The summed E-state index contributed by atoms with van der Waals surface area (Å²) in [6, 6.07) is 0. The number of likely N-dealkylation sites (N-methyl/N-ethyl adjacent to an activating group) is 1. The van der Waals surface area contributed by atoms with Gasteiger partial charge in [-0.25, -0.2) is 0 Å². The summed E-state index contributed by atoms with van der Waals surface area (Å²) in [5.74, 6) is -0.951. The number of allylic oxidation sites excluding steroid dienone is 1. The van der Waals surface area contributed by atoms with Crippen LogP contribution in [0, 0.1) is 0 Å². The molecule has 0 aromatic rings. The topological polar surface area (TPSA) is 148 Å². The zero-order valence-corrected chi connectivity index (χ0v) is 31.5. The van der Waals surface area contributed by atoms with Crippen molar-refractivity contribution in [1.82, 2.24) is 0 Å². The van der Waals surface area contributed by atoms with Crippen molar-refractivity contribution >= 4 is 26.0 Å².